The van der Waals surface area contributed by atoms with Gasteiger partial charge < -0.3 is 23.8 Å². The molecule has 0 bridgehead atoms. The summed E-state index contributed by atoms with van der Waals surface area (Å²) in [6, 6.07) is 7.40. The van der Waals surface area contributed by atoms with Gasteiger partial charge in [-0.1, -0.05) is 6.07 Å². The van der Waals surface area contributed by atoms with E-state index in [9.17, 15) is 0 Å². The number of hydrogen-bond donors (Lipinski definition) is 0. The first-order valence-electron chi connectivity index (χ1n) is 9.63. The number of benzene rings is 2. The van der Waals surface area contributed by atoms with Crippen LogP contribution in [0.1, 0.15) is 26.4 Å². The van der Waals surface area contributed by atoms with Crippen molar-refractivity contribution in [1.29, 1.82) is 0 Å². The number of fused-ring (bicyclic) bond motifs is 5. The van der Waals surface area contributed by atoms with Crippen molar-refractivity contribution in [3.8, 4) is 23.0 Å². The molecule has 3 aliphatic heterocycles. The monoisotopic (exact) mass is 340 g/mol. The molecule has 3 heterocycles. The first-order chi connectivity index (χ1) is 13.4. The standard InChI is InChI=1S/C20H19NO4/c1-22-17-4-3-12-7-16-14-9-19-18(24-11-25-19)8-13(14)5-6-21(16)10-15(12)20(17)23-2/h3-4,7-9H,5-6,10-11H2,1-2H3/i6D2,10D/t10-/m1/s1. The smallest absolute Gasteiger partial charge is 0.231 e. The minimum absolute atomic E-state index is 0.146. The van der Waals surface area contributed by atoms with Crippen LogP contribution < -0.4 is 18.9 Å². The zero-order valence-electron chi connectivity index (χ0n) is 17.0. The highest BCUT2D eigenvalue weighted by atomic mass is 16.7. The molecule has 0 saturated heterocycles. The molecule has 25 heavy (non-hydrogen) atoms. The average Bonchev–Trinajstić information content (AvgIpc) is 3.12. The third kappa shape index (κ3) is 2.08. The van der Waals surface area contributed by atoms with Gasteiger partial charge in [-0.2, -0.15) is 0 Å². The predicted octanol–water partition coefficient (Wildman–Crippen LogP) is 3.30. The summed E-state index contributed by atoms with van der Waals surface area (Å²) in [6.45, 7) is -2.56. The number of methoxy groups -OCH3 is 2. The Bertz CT molecular complexity index is 1020. The number of ether oxygens (including phenoxy) is 4. The molecular weight excluding hydrogens is 318 g/mol. The van der Waals surface area contributed by atoms with E-state index in [1.54, 1.807) is 13.2 Å². The first-order valence-corrected chi connectivity index (χ1v) is 8.05. The molecule has 1 atom stereocenters. The lowest BCUT2D eigenvalue weighted by Gasteiger charge is -2.37. The average molecular weight is 340 g/mol. The summed E-state index contributed by atoms with van der Waals surface area (Å²) in [6.07, 6.45) is 2.05. The first kappa shape index (κ1) is 11.7. The molecule has 0 aromatic heterocycles. The number of aryl methyl sites for hydroxylation is 1. The van der Waals surface area contributed by atoms with Crippen molar-refractivity contribution in [3.63, 3.8) is 0 Å². The second kappa shape index (κ2) is 5.34. The highest BCUT2D eigenvalue weighted by molar-refractivity contribution is 5.87. The van der Waals surface area contributed by atoms with Gasteiger partial charge in [0.05, 0.1) is 15.6 Å². The van der Waals surface area contributed by atoms with Crippen molar-refractivity contribution < 1.29 is 23.1 Å². The van der Waals surface area contributed by atoms with Crippen molar-refractivity contribution in [2.24, 2.45) is 0 Å². The molecule has 0 saturated carbocycles. The Morgan fingerprint density at radius 2 is 1.96 bits per heavy atom. The van der Waals surface area contributed by atoms with Crippen LogP contribution in [-0.4, -0.2) is 32.4 Å². The molecular formula is C20H19NO4. The van der Waals surface area contributed by atoms with Crippen LogP contribution in [0.5, 0.6) is 23.0 Å². The van der Waals surface area contributed by atoms with Gasteiger partial charge in [0.25, 0.3) is 0 Å². The van der Waals surface area contributed by atoms with E-state index in [1.165, 1.54) is 12.0 Å². The van der Waals surface area contributed by atoms with Gasteiger partial charge in [-0.15, -0.1) is 0 Å². The largest absolute Gasteiger partial charge is 0.493 e. The molecule has 5 nitrogen and oxygen atoms in total. The molecule has 2 aromatic rings. The van der Waals surface area contributed by atoms with Gasteiger partial charge in [0.15, 0.2) is 23.0 Å². The van der Waals surface area contributed by atoms with E-state index in [0.717, 1.165) is 16.7 Å². The van der Waals surface area contributed by atoms with Crippen LogP contribution in [-0.2, 0) is 12.9 Å². The van der Waals surface area contributed by atoms with Gasteiger partial charge in [0.2, 0.25) is 6.79 Å². The van der Waals surface area contributed by atoms with Crippen LogP contribution in [0.15, 0.2) is 24.3 Å². The van der Waals surface area contributed by atoms with Crippen LogP contribution in [0.2, 0.25) is 0 Å². The molecule has 0 radical (unpaired) electrons. The van der Waals surface area contributed by atoms with Crippen molar-refractivity contribution in [3.05, 3.63) is 46.5 Å². The number of nitrogens with zero attached hydrogens (tertiary/aromatic N) is 1. The Hall–Kier alpha value is -2.82. The summed E-state index contributed by atoms with van der Waals surface area (Å²) < 4.78 is 48.1. The Balaban J connectivity index is 1.76. The van der Waals surface area contributed by atoms with Gasteiger partial charge in [-0.3, -0.25) is 0 Å². The molecule has 0 unspecified atom stereocenters. The van der Waals surface area contributed by atoms with E-state index < -0.39 is 13.0 Å². The molecule has 3 aliphatic rings. The van der Waals surface area contributed by atoms with Crippen molar-refractivity contribution in [2.45, 2.75) is 12.9 Å². The van der Waals surface area contributed by atoms with Crippen LogP contribution in [0.3, 0.4) is 0 Å². The fraction of sp³-hybridized carbons (Fsp3) is 0.300. The van der Waals surface area contributed by atoms with E-state index in [-0.39, 0.29) is 13.2 Å². The Morgan fingerprint density at radius 1 is 1.12 bits per heavy atom. The summed E-state index contributed by atoms with van der Waals surface area (Å²) in [4.78, 5) is 1.50. The maximum atomic E-state index is 8.90. The van der Waals surface area contributed by atoms with E-state index >= 15 is 0 Å². The third-order valence-electron chi connectivity index (χ3n) is 4.74. The minimum atomic E-state index is -1.75. The normalized spacial score (nSPS) is 23.3. The summed E-state index contributed by atoms with van der Waals surface area (Å²) in [5, 5.41) is 0. The Morgan fingerprint density at radius 3 is 2.76 bits per heavy atom. The summed E-state index contributed by atoms with van der Waals surface area (Å²) in [7, 11) is 3.08. The van der Waals surface area contributed by atoms with Gasteiger partial charge in [-0.05, 0) is 41.8 Å². The zero-order valence-corrected chi connectivity index (χ0v) is 14.0. The second-order valence-corrected chi connectivity index (χ2v) is 6.03. The van der Waals surface area contributed by atoms with Crippen molar-refractivity contribution in [1.82, 2.24) is 4.90 Å². The van der Waals surface area contributed by atoms with Crippen LogP contribution in [0.4, 0.5) is 0 Å². The molecule has 0 aliphatic carbocycles. The molecule has 0 amide bonds. The third-order valence-corrected chi connectivity index (χ3v) is 4.74. The van der Waals surface area contributed by atoms with Gasteiger partial charge in [0, 0.05) is 32.6 Å². The molecule has 5 heteroatoms. The lowest BCUT2D eigenvalue weighted by molar-refractivity contribution is 0.174. The van der Waals surface area contributed by atoms with Crippen LogP contribution in [0.25, 0.3) is 11.8 Å². The lowest BCUT2D eigenvalue weighted by Crippen LogP contribution is -2.31. The predicted molar refractivity (Wildman–Crippen MR) is 94.1 cm³/mol. The molecule has 0 N–H and O–H groups in total. The topological polar surface area (TPSA) is 40.2 Å². The van der Waals surface area contributed by atoms with E-state index in [2.05, 4.69) is 0 Å². The summed E-state index contributed by atoms with van der Waals surface area (Å²) >= 11 is 0. The number of hydrogen-bond acceptors (Lipinski definition) is 5. The van der Waals surface area contributed by atoms with Gasteiger partial charge in [-0.25, -0.2) is 0 Å². The van der Waals surface area contributed by atoms with Gasteiger partial charge in [0.1, 0.15) is 0 Å². The fourth-order valence-electron chi connectivity index (χ4n) is 3.52. The maximum absolute atomic E-state index is 8.90. The highest BCUT2D eigenvalue weighted by Gasteiger charge is 2.30. The van der Waals surface area contributed by atoms with E-state index in [4.69, 9.17) is 23.1 Å². The van der Waals surface area contributed by atoms with E-state index in [0.29, 0.717) is 34.3 Å². The molecule has 2 aromatic carbocycles. The Kier molecular flexibility index (Phi) is 2.50. The molecule has 128 valence electrons. The lowest BCUT2D eigenvalue weighted by atomic mass is 9.90. The molecule has 5 rings (SSSR count). The Labute approximate surface area is 150 Å². The quantitative estimate of drug-likeness (QED) is 0.839. The number of rotatable bonds is 2. The zero-order chi connectivity index (χ0) is 19.6. The van der Waals surface area contributed by atoms with Crippen LogP contribution in [0, 0.1) is 0 Å². The highest BCUT2D eigenvalue weighted by Crippen LogP contribution is 2.45. The molecule has 0 spiro atoms. The maximum Gasteiger partial charge on any atom is 0.231 e. The minimum Gasteiger partial charge on any atom is -0.493 e. The van der Waals surface area contributed by atoms with Crippen molar-refractivity contribution in [2.75, 3.05) is 27.5 Å². The SMILES string of the molecule is [2H][C@@H]1c2c(ccc(OC)c2OC)C=C2c3cc4c(cc3CC([2H])([2H])N21)OCO4. The fourth-order valence-corrected chi connectivity index (χ4v) is 3.52. The van der Waals surface area contributed by atoms with E-state index in [1.807, 2.05) is 24.3 Å². The van der Waals surface area contributed by atoms with Gasteiger partial charge >= 0.3 is 0 Å². The molecule has 0 fully saturated rings. The summed E-state index contributed by atoms with van der Waals surface area (Å²) in [5.41, 5.74) is 3.76. The van der Waals surface area contributed by atoms with Crippen LogP contribution >= 0.6 is 0 Å². The van der Waals surface area contributed by atoms with Crippen molar-refractivity contribution >= 4 is 11.8 Å². The second-order valence-electron chi connectivity index (χ2n) is 6.03. The summed E-state index contributed by atoms with van der Waals surface area (Å²) in [5.74, 6) is 2.26.